The van der Waals surface area contributed by atoms with E-state index in [0.717, 1.165) is 37.7 Å². The fourth-order valence-corrected chi connectivity index (χ4v) is 3.64. The SMILES string of the molecule is CCCCCCc1ccc(-c2c([O])cc(F)c(C(F)(F)Oc3ccc(OC(F)(F)F)cc3)c2F)cc1. The van der Waals surface area contributed by atoms with Crippen LogP contribution in [0.25, 0.3) is 11.1 Å². The predicted molar refractivity (Wildman–Crippen MR) is 117 cm³/mol. The molecule has 1 radical (unpaired) electrons. The highest BCUT2D eigenvalue weighted by atomic mass is 19.4. The van der Waals surface area contributed by atoms with E-state index in [4.69, 9.17) is 0 Å². The molecule has 3 nitrogen and oxygen atoms in total. The standard InChI is InChI=1S/C26H22F7O3/c1-2-3-4-5-6-16-7-9-17(10-8-16)22-21(34)15-20(27)23(24(22)28)25(29,30)35-18-11-13-19(14-12-18)36-26(31,32)33/h7-15H,2-6H2,1H3. The lowest BCUT2D eigenvalue weighted by atomic mass is 9.97. The van der Waals surface area contributed by atoms with Gasteiger partial charge < -0.3 is 9.47 Å². The molecule has 0 spiro atoms. The zero-order valence-corrected chi connectivity index (χ0v) is 19.1. The van der Waals surface area contributed by atoms with Gasteiger partial charge in [-0.3, -0.25) is 5.11 Å². The van der Waals surface area contributed by atoms with Gasteiger partial charge in [-0.2, -0.15) is 8.78 Å². The van der Waals surface area contributed by atoms with Crippen molar-refractivity contribution in [2.24, 2.45) is 0 Å². The summed E-state index contributed by atoms with van der Waals surface area (Å²) in [5, 5.41) is 12.3. The number of rotatable bonds is 10. The van der Waals surface area contributed by atoms with Crippen LogP contribution in [-0.4, -0.2) is 6.36 Å². The van der Waals surface area contributed by atoms with Gasteiger partial charge in [-0.15, -0.1) is 13.2 Å². The van der Waals surface area contributed by atoms with Crippen LogP contribution in [0.1, 0.15) is 43.7 Å². The van der Waals surface area contributed by atoms with Gasteiger partial charge in [0.05, 0.1) is 5.56 Å². The van der Waals surface area contributed by atoms with E-state index in [-0.39, 0.29) is 11.6 Å². The molecular formula is C26H22F7O3. The molecule has 0 saturated heterocycles. The molecule has 10 heteroatoms. The Kier molecular flexibility index (Phi) is 8.37. The van der Waals surface area contributed by atoms with Crippen molar-refractivity contribution in [3.05, 3.63) is 77.4 Å². The van der Waals surface area contributed by atoms with Gasteiger partial charge in [0.15, 0.2) is 11.6 Å². The van der Waals surface area contributed by atoms with Crippen LogP contribution < -0.4 is 9.47 Å². The Bertz CT molecular complexity index is 1160. The molecule has 3 aromatic carbocycles. The topological polar surface area (TPSA) is 38.4 Å². The zero-order chi connectivity index (χ0) is 26.5. The first-order valence-corrected chi connectivity index (χ1v) is 11.1. The third kappa shape index (κ3) is 6.83. The number of hydrogen-bond acceptors (Lipinski definition) is 2. The second-order valence-electron chi connectivity index (χ2n) is 8.07. The molecule has 0 fully saturated rings. The van der Waals surface area contributed by atoms with Gasteiger partial charge in [0, 0.05) is 6.07 Å². The molecule has 0 amide bonds. The van der Waals surface area contributed by atoms with Crippen molar-refractivity contribution < 1.29 is 45.3 Å². The van der Waals surface area contributed by atoms with Gasteiger partial charge in [-0.05, 0) is 48.2 Å². The van der Waals surface area contributed by atoms with Crippen LogP contribution in [0, 0.1) is 11.6 Å². The molecule has 36 heavy (non-hydrogen) atoms. The predicted octanol–water partition coefficient (Wildman–Crippen LogP) is 8.93. The van der Waals surface area contributed by atoms with Crippen LogP contribution in [0.4, 0.5) is 30.7 Å². The monoisotopic (exact) mass is 515 g/mol. The van der Waals surface area contributed by atoms with Gasteiger partial charge in [0.2, 0.25) is 0 Å². The molecule has 0 bridgehead atoms. The molecule has 0 N–H and O–H groups in total. The third-order valence-electron chi connectivity index (χ3n) is 5.34. The largest absolute Gasteiger partial charge is 0.573 e. The minimum Gasteiger partial charge on any atom is -0.429 e. The summed E-state index contributed by atoms with van der Waals surface area (Å²) in [7, 11) is 0. The first kappa shape index (κ1) is 27.2. The fourth-order valence-electron chi connectivity index (χ4n) is 3.64. The summed E-state index contributed by atoms with van der Waals surface area (Å²) in [5.41, 5.74) is -1.64. The number of ether oxygens (including phenoxy) is 2. The van der Waals surface area contributed by atoms with Crippen molar-refractivity contribution in [3.63, 3.8) is 0 Å². The maximum atomic E-state index is 15.2. The minimum atomic E-state index is -5.00. The summed E-state index contributed by atoms with van der Waals surface area (Å²) in [6.45, 7) is 2.08. The van der Waals surface area contributed by atoms with Gasteiger partial charge in [0.25, 0.3) is 0 Å². The number of unbranched alkanes of at least 4 members (excludes halogenated alkanes) is 3. The van der Waals surface area contributed by atoms with Gasteiger partial charge in [-0.25, -0.2) is 8.78 Å². The summed E-state index contributed by atoms with van der Waals surface area (Å²) >= 11 is 0. The number of halogens is 7. The Hall–Kier alpha value is -3.43. The number of aryl methyl sites for hydroxylation is 1. The smallest absolute Gasteiger partial charge is 0.429 e. The molecule has 0 aliphatic carbocycles. The minimum absolute atomic E-state index is 0.0134. The highest BCUT2D eigenvalue weighted by Gasteiger charge is 2.43. The highest BCUT2D eigenvalue weighted by Crippen LogP contribution is 2.42. The van der Waals surface area contributed by atoms with Gasteiger partial charge >= 0.3 is 12.5 Å². The van der Waals surface area contributed by atoms with Crippen molar-refractivity contribution in [3.8, 4) is 28.4 Å². The Morgan fingerprint density at radius 3 is 1.92 bits per heavy atom. The maximum Gasteiger partial charge on any atom is 0.573 e. The van der Waals surface area contributed by atoms with Crippen molar-refractivity contribution in [1.29, 1.82) is 0 Å². The second kappa shape index (κ2) is 11.1. The summed E-state index contributed by atoms with van der Waals surface area (Å²) in [5.74, 6) is -6.14. The first-order valence-electron chi connectivity index (χ1n) is 11.1. The third-order valence-corrected chi connectivity index (χ3v) is 5.34. The van der Waals surface area contributed by atoms with Crippen LogP contribution in [0.3, 0.4) is 0 Å². The maximum absolute atomic E-state index is 15.2. The molecule has 0 atom stereocenters. The molecule has 3 rings (SSSR count). The van der Waals surface area contributed by atoms with Crippen LogP contribution in [0.2, 0.25) is 0 Å². The number of benzene rings is 3. The lowest BCUT2D eigenvalue weighted by Gasteiger charge is -2.21. The van der Waals surface area contributed by atoms with E-state index in [1.807, 2.05) is 0 Å². The molecular weight excluding hydrogens is 493 g/mol. The normalized spacial score (nSPS) is 12.0. The van der Waals surface area contributed by atoms with E-state index >= 15 is 4.39 Å². The van der Waals surface area contributed by atoms with E-state index in [1.165, 1.54) is 12.1 Å². The van der Waals surface area contributed by atoms with Crippen LogP contribution in [-0.2, 0) is 17.6 Å². The number of alkyl halides is 5. The lowest BCUT2D eigenvalue weighted by Crippen LogP contribution is -2.25. The van der Waals surface area contributed by atoms with E-state index < -0.39 is 52.5 Å². The summed E-state index contributed by atoms with van der Waals surface area (Å²) in [4.78, 5) is 0. The van der Waals surface area contributed by atoms with Gasteiger partial charge in [0.1, 0.15) is 22.9 Å². The second-order valence-corrected chi connectivity index (χ2v) is 8.07. The molecule has 0 heterocycles. The Morgan fingerprint density at radius 1 is 0.778 bits per heavy atom. The van der Waals surface area contributed by atoms with Crippen molar-refractivity contribution in [1.82, 2.24) is 0 Å². The van der Waals surface area contributed by atoms with Crippen molar-refractivity contribution >= 4 is 0 Å². The van der Waals surface area contributed by atoms with E-state index in [2.05, 4.69) is 16.4 Å². The number of hydrogen-bond donors (Lipinski definition) is 0. The summed E-state index contributed by atoms with van der Waals surface area (Å²) in [6.07, 6.45) is -4.72. The fraction of sp³-hybridized carbons (Fsp3) is 0.308. The van der Waals surface area contributed by atoms with Crippen LogP contribution in [0.15, 0.2) is 54.6 Å². The van der Waals surface area contributed by atoms with E-state index in [0.29, 0.717) is 24.3 Å². The van der Waals surface area contributed by atoms with Gasteiger partial charge in [-0.1, -0.05) is 50.5 Å². The first-order chi connectivity index (χ1) is 16.9. The summed E-state index contributed by atoms with van der Waals surface area (Å²) < 4.78 is 104. The molecule has 193 valence electrons. The Labute approximate surface area is 203 Å². The molecule has 0 aliphatic heterocycles. The van der Waals surface area contributed by atoms with Crippen LogP contribution >= 0.6 is 0 Å². The van der Waals surface area contributed by atoms with Crippen molar-refractivity contribution in [2.75, 3.05) is 0 Å². The van der Waals surface area contributed by atoms with E-state index in [1.54, 1.807) is 12.1 Å². The molecule has 3 aromatic rings. The van der Waals surface area contributed by atoms with Crippen LogP contribution in [0.5, 0.6) is 17.2 Å². The van der Waals surface area contributed by atoms with Crippen molar-refractivity contribution in [2.45, 2.75) is 51.5 Å². The Balaban J connectivity index is 1.86. The lowest BCUT2D eigenvalue weighted by molar-refractivity contribution is -0.274. The summed E-state index contributed by atoms with van der Waals surface area (Å²) in [6, 6.07) is 9.14. The average molecular weight is 515 g/mol. The quantitative estimate of drug-likeness (QED) is 0.200. The van der Waals surface area contributed by atoms with E-state index in [9.17, 15) is 31.4 Å². The Morgan fingerprint density at radius 2 is 1.36 bits per heavy atom. The molecule has 0 saturated carbocycles. The highest BCUT2D eigenvalue weighted by molar-refractivity contribution is 5.72. The zero-order valence-electron chi connectivity index (χ0n) is 19.1. The molecule has 0 aromatic heterocycles. The average Bonchev–Trinajstić information content (AvgIpc) is 2.77. The molecule has 0 aliphatic rings. The molecule has 0 unspecified atom stereocenters.